The average molecular weight is 330 g/mol. The van der Waals surface area contributed by atoms with Gasteiger partial charge in [0.05, 0.1) is 6.61 Å². The second kappa shape index (κ2) is 11.5. The Kier molecular flexibility index (Phi) is 10.1. The molecule has 6 heteroatoms. The standard InChI is InChI=1S/C17H30O6/c1-2-3-4-5-6-7-8-9-10-11-22-16-14(20)15(13(19)12-18)23-17(16)21/h13,15-16,18-19H,2-12H2,1H3/t13-,15+,16?/m0/s1. The molecule has 1 rings (SSSR count). The number of carbonyl (C=O) groups is 2. The summed E-state index contributed by atoms with van der Waals surface area (Å²) >= 11 is 0. The zero-order valence-corrected chi connectivity index (χ0v) is 14.0. The molecular formula is C17H30O6. The molecule has 0 aromatic heterocycles. The first-order chi connectivity index (χ1) is 11.1. The lowest BCUT2D eigenvalue weighted by molar-refractivity contribution is -0.153. The molecule has 0 amide bonds. The van der Waals surface area contributed by atoms with Crippen LogP contribution in [-0.2, 0) is 19.1 Å². The molecule has 6 nitrogen and oxygen atoms in total. The molecule has 0 aliphatic carbocycles. The molecule has 1 aliphatic rings. The number of esters is 1. The molecule has 1 saturated heterocycles. The van der Waals surface area contributed by atoms with Crippen LogP contribution in [0.4, 0.5) is 0 Å². The van der Waals surface area contributed by atoms with Gasteiger partial charge in [0.15, 0.2) is 6.10 Å². The lowest BCUT2D eigenvalue weighted by atomic mass is 10.1. The van der Waals surface area contributed by atoms with Gasteiger partial charge in [-0.25, -0.2) is 4.79 Å². The summed E-state index contributed by atoms with van der Waals surface area (Å²) in [6.07, 6.45) is 6.63. The number of cyclic esters (lactones) is 1. The van der Waals surface area contributed by atoms with Gasteiger partial charge in [0.25, 0.3) is 0 Å². The van der Waals surface area contributed by atoms with Gasteiger partial charge in [-0.1, -0.05) is 58.3 Å². The maximum Gasteiger partial charge on any atom is 0.344 e. The van der Waals surface area contributed by atoms with E-state index in [-0.39, 0.29) is 0 Å². The van der Waals surface area contributed by atoms with Crippen molar-refractivity contribution in [1.29, 1.82) is 0 Å². The van der Waals surface area contributed by atoms with Gasteiger partial charge in [0.2, 0.25) is 11.9 Å². The van der Waals surface area contributed by atoms with E-state index in [2.05, 4.69) is 6.92 Å². The number of carbonyl (C=O) groups excluding carboxylic acids is 2. The molecule has 1 aliphatic heterocycles. The Morgan fingerprint density at radius 1 is 1.04 bits per heavy atom. The topological polar surface area (TPSA) is 93.1 Å². The maximum atomic E-state index is 11.9. The minimum atomic E-state index is -1.38. The first-order valence-corrected chi connectivity index (χ1v) is 8.76. The van der Waals surface area contributed by atoms with Crippen molar-refractivity contribution in [3.8, 4) is 0 Å². The summed E-state index contributed by atoms with van der Waals surface area (Å²) in [6, 6.07) is 0. The number of Topliss-reactive ketones (excluding diaryl/α,β-unsaturated/α-hetero) is 1. The SMILES string of the molecule is CCCCCCCCCCCOC1C(=O)O[C@H]([C@@H](O)CO)C1=O. The maximum absolute atomic E-state index is 11.9. The van der Waals surface area contributed by atoms with E-state index in [1.165, 1.54) is 38.5 Å². The van der Waals surface area contributed by atoms with Crippen molar-refractivity contribution < 1.29 is 29.3 Å². The molecule has 0 aromatic rings. The summed E-state index contributed by atoms with van der Waals surface area (Å²) in [4.78, 5) is 23.4. The van der Waals surface area contributed by atoms with Gasteiger partial charge in [-0.15, -0.1) is 0 Å². The zero-order chi connectivity index (χ0) is 17.1. The van der Waals surface area contributed by atoms with E-state index in [9.17, 15) is 14.7 Å². The van der Waals surface area contributed by atoms with Crippen LogP contribution in [0, 0.1) is 0 Å². The Morgan fingerprint density at radius 3 is 2.17 bits per heavy atom. The smallest absolute Gasteiger partial charge is 0.344 e. The Morgan fingerprint density at radius 2 is 1.61 bits per heavy atom. The van der Waals surface area contributed by atoms with Gasteiger partial charge < -0.3 is 19.7 Å². The van der Waals surface area contributed by atoms with Crippen LogP contribution in [-0.4, -0.2) is 53.5 Å². The zero-order valence-electron chi connectivity index (χ0n) is 14.0. The molecule has 0 radical (unpaired) electrons. The van der Waals surface area contributed by atoms with Crippen LogP contribution in [0.15, 0.2) is 0 Å². The van der Waals surface area contributed by atoms with E-state index in [1.54, 1.807) is 0 Å². The lowest BCUT2D eigenvalue weighted by Crippen LogP contribution is -2.37. The van der Waals surface area contributed by atoms with Crippen molar-refractivity contribution >= 4 is 11.8 Å². The van der Waals surface area contributed by atoms with E-state index in [1.807, 2.05) is 0 Å². The van der Waals surface area contributed by atoms with Crippen LogP contribution >= 0.6 is 0 Å². The van der Waals surface area contributed by atoms with E-state index in [0.29, 0.717) is 6.61 Å². The molecule has 1 unspecified atom stereocenters. The molecule has 2 N–H and O–H groups in total. The third kappa shape index (κ3) is 6.97. The van der Waals surface area contributed by atoms with Crippen molar-refractivity contribution in [1.82, 2.24) is 0 Å². The highest BCUT2D eigenvalue weighted by molar-refractivity contribution is 6.09. The van der Waals surface area contributed by atoms with Gasteiger partial charge in [0.1, 0.15) is 6.10 Å². The minimum absolute atomic E-state index is 0.323. The first kappa shape index (κ1) is 20.1. The molecule has 1 heterocycles. The molecule has 3 atom stereocenters. The number of aliphatic hydroxyl groups is 2. The lowest BCUT2D eigenvalue weighted by Gasteiger charge is -2.12. The Balaban J connectivity index is 2.07. The number of unbranched alkanes of at least 4 members (excludes halogenated alkanes) is 8. The predicted octanol–water partition coefficient (Wildman–Crippen LogP) is 1.75. The molecule has 1 fully saturated rings. The highest BCUT2D eigenvalue weighted by atomic mass is 16.6. The molecule has 0 bridgehead atoms. The van der Waals surface area contributed by atoms with Gasteiger partial charge in [0, 0.05) is 6.61 Å². The second-order valence-corrected chi connectivity index (χ2v) is 6.09. The molecule has 134 valence electrons. The summed E-state index contributed by atoms with van der Waals surface area (Å²) < 4.78 is 10.1. The summed E-state index contributed by atoms with van der Waals surface area (Å²) in [5.41, 5.74) is 0. The Bertz CT molecular complexity index is 357. The van der Waals surface area contributed by atoms with Crippen molar-refractivity contribution in [3.05, 3.63) is 0 Å². The molecule has 0 aromatic carbocycles. The van der Waals surface area contributed by atoms with Crippen LogP contribution in [0.1, 0.15) is 64.7 Å². The van der Waals surface area contributed by atoms with Gasteiger partial charge in [-0.05, 0) is 6.42 Å². The largest absolute Gasteiger partial charge is 0.449 e. The molecule has 0 saturated carbocycles. The fourth-order valence-corrected chi connectivity index (χ4v) is 2.64. The summed E-state index contributed by atoms with van der Waals surface area (Å²) in [6.45, 7) is 1.90. The summed E-state index contributed by atoms with van der Waals surface area (Å²) in [5, 5.41) is 18.2. The third-order valence-electron chi connectivity index (χ3n) is 4.06. The minimum Gasteiger partial charge on any atom is -0.449 e. The van der Waals surface area contributed by atoms with Crippen molar-refractivity contribution in [2.75, 3.05) is 13.2 Å². The van der Waals surface area contributed by atoms with Crippen LogP contribution in [0.2, 0.25) is 0 Å². The number of rotatable bonds is 13. The van der Waals surface area contributed by atoms with Crippen LogP contribution in [0.3, 0.4) is 0 Å². The average Bonchev–Trinajstić information content (AvgIpc) is 2.83. The first-order valence-electron chi connectivity index (χ1n) is 8.76. The molecular weight excluding hydrogens is 300 g/mol. The van der Waals surface area contributed by atoms with Crippen LogP contribution < -0.4 is 0 Å². The van der Waals surface area contributed by atoms with Gasteiger partial charge >= 0.3 is 5.97 Å². The van der Waals surface area contributed by atoms with E-state index in [0.717, 1.165) is 19.3 Å². The number of ketones is 1. The summed E-state index contributed by atoms with van der Waals surface area (Å²) in [7, 11) is 0. The third-order valence-corrected chi connectivity index (χ3v) is 4.06. The number of hydrogen-bond donors (Lipinski definition) is 2. The highest BCUT2D eigenvalue weighted by Gasteiger charge is 2.47. The van der Waals surface area contributed by atoms with Crippen LogP contribution in [0.5, 0.6) is 0 Å². The highest BCUT2D eigenvalue weighted by Crippen LogP contribution is 2.18. The fraction of sp³-hybridized carbons (Fsp3) is 0.882. The number of aliphatic hydroxyl groups excluding tert-OH is 2. The quantitative estimate of drug-likeness (QED) is 0.304. The van der Waals surface area contributed by atoms with Crippen molar-refractivity contribution in [3.63, 3.8) is 0 Å². The second-order valence-electron chi connectivity index (χ2n) is 6.09. The predicted molar refractivity (Wildman–Crippen MR) is 84.9 cm³/mol. The Labute approximate surface area is 138 Å². The van der Waals surface area contributed by atoms with Crippen molar-refractivity contribution in [2.45, 2.75) is 83.0 Å². The van der Waals surface area contributed by atoms with Gasteiger partial charge in [-0.2, -0.15) is 0 Å². The number of ether oxygens (including phenoxy) is 2. The van der Waals surface area contributed by atoms with Gasteiger partial charge in [-0.3, -0.25) is 4.79 Å². The monoisotopic (exact) mass is 330 g/mol. The van der Waals surface area contributed by atoms with E-state index >= 15 is 0 Å². The molecule has 0 spiro atoms. The number of hydrogen-bond acceptors (Lipinski definition) is 6. The summed E-state index contributed by atoms with van der Waals surface area (Å²) in [5.74, 6) is -1.38. The van der Waals surface area contributed by atoms with Crippen molar-refractivity contribution in [2.24, 2.45) is 0 Å². The van der Waals surface area contributed by atoms with E-state index < -0.39 is 36.7 Å². The van der Waals surface area contributed by atoms with Crippen LogP contribution in [0.25, 0.3) is 0 Å². The molecule has 23 heavy (non-hydrogen) atoms. The normalized spacial score (nSPS) is 22.4. The fourth-order valence-electron chi connectivity index (χ4n) is 2.64. The van der Waals surface area contributed by atoms with E-state index in [4.69, 9.17) is 14.6 Å². The Hall–Kier alpha value is -0.980.